The molecule has 42 heavy (non-hydrogen) atoms. The first-order valence-electron chi connectivity index (χ1n) is 14.4. The van der Waals surface area contributed by atoms with Crippen LogP contribution < -0.4 is 9.47 Å². The highest BCUT2D eigenvalue weighted by Gasteiger charge is 2.34. The second-order valence-corrected chi connectivity index (χ2v) is 11.1. The van der Waals surface area contributed by atoms with Crippen molar-refractivity contribution in [1.82, 2.24) is 0 Å². The molecular formula is C33H38O8S. The van der Waals surface area contributed by atoms with Crippen LogP contribution >= 0.6 is 11.3 Å². The lowest BCUT2D eigenvalue weighted by Crippen LogP contribution is -2.33. The summed E-state index contributed by atoms with van der Waals surface area (Å²) in [6.45, 7) is 6.62. The maximum absolute atomic E-state index is 12.2. The van der Waals surface area contributed by atoms with Gasteiger partial charge in [-0.1, -0.05) is 12.1 Å². The molecule has 9 heteroatoms. The largest absolute Gasteiger partial charge is 0.493 e. The molecule has 1 heterocycles. The van der Waals surface area contributed by atoms with E-state index in [0.717, 1.165) is 40.7 Å². The zero-order chi connectivity index (χ0) is 30.1. The quantitative estimate of drug-likeness (QED) is 0.149. The topological polar surface area (TPSA) is 108 Å². The van der Waals surface area contributed by atoms with Crippen molar-refractivity contribution < 1.29 is 38.4 Å². The van der Waals surface area contributed by atoms with Gasteiger partial charge in [0.1, 0.15) is 11.5 Å². The Bertz CT molecular complexity index is 1390. The van der Waals surface area contributed by atoms with Crippen LogP contribution in [0.5, 0.6) is 11.5 Å². The van der Waals surface area contributed by atoms with Crippen LogP contribution in [0.25, 0.3) is 11.1 Å². The summed E-state index contributed by atoms with van der Waals surface area (Å²) in [6.07, 6.45) is 2.97. The molecule has 1 N–H and O–H groups in total. The molecule has 0 saturated heterocycles. The number of hydrogen-bond acceptors (Lipinski definition) is 8. The number of carboxylic acid groups (broad SMARTS) is 1. The summed E-state index contributed by atoms with van der Waals surface area (Å²) >= 11 is 1.58. The first-order chi connectivity index (χ1) is 20.3. The van der Waals surface area contributed by atoms with Crippen molar-refractivity contribution >= 4 is 29.2 Å². The first kappa shape index (κ1) is 31.1. The Morgan fingerprint density at radius 2 is 1.71 bits per heavy atom. The molecule has 0 bridgehead atoms. The van der Waals surface area contributed by atoms with Gasteiger partial charge in [-0.05, 0) is 115 Å². The zero-order valence-corrected chi connectivity index (χ0v) is 25.2. The van der Waals surface area contributed by atoms with Gasteiger partial charge in [-0.15, -0.1) is 0 Å². The molecule has 8 nitrogen and oxygen atoms in total. The third-order valence-electron chi connectivity index (χ3n) is 7.30. The van der Waals surface area contributed by atoms with Crippen molar-refractivity contribution in [3.05, 3.63) is 69.4 Å². The average Bonchev–Trinajstić information content (AvgIpc) is 3.38. The number of hydrogen-bond donors (Lipinski definition) is 1. The lowest BCUT2D eigenvalue weighted by Gasteiger charge is -2.37. The molecule has 0 unspecified atom stereocenters. The van der Waals surface area contributed by atoms with Gasteiger partial charge >= 0.3 is 17.9 Å². The number of esters is 2. The van der Waals surface area contributed by atoms with Crippen LogP contribution in [0.1, 0.15) is 78.9 Å². The molecule has 0 amide bonds. The fraction of sp³-hybridized carbons (Fsp3) is 0.424. The van der Waals surface area contributed by atoms with E-state index in [9.17, 15) is 19.5 Å². The Kier molecular flexibility index (Phi) is 11.0. The maximum Gasteiger partial charge on any atom is 0.335 e. The highest BCUT2D eigenvalue weighted by Crippen LogP contribution is 2.43. The number of aromatic carboxylic acids is 1. The van der Waals surface area contributed by atoms with E-state index in [1.165, 1.54) is 0 Å². The van der Waals surface area contributed by atoms with Crippen LogP contribution in [0.15, 0.2) is 47.2 Å². The Balaban J connectivity index is 1.46. The van der Waals surface area contributed by atoms with Crippen molar-refractivity contribution in [2.45, 2.75) is 71.3 Å². The number of ether oxygens (including phenoxy) is 4. The van der Waals surface area contributed by atoms with Crippen molar-refractivity contribution in [3.8, 4) is 22.6 Å². The average molecular weight is 595 g/mol. The Labute approximate surface area is 250 Å². The Morgan fingerprint density at radius 1 is 0.976 bits per heavy atom. The fourth-order valence-corrected chi connectivity index (χ4v) is 6.03. The van der Waals surface area contributed by atoms with Crippen LogP contribution in [0.2, 0.25) is 0 Å². The minimum Gasteiger partial charge on any atom is -0.493 e. The Morgan fingerprint density at radius 3 is 2.38 bits per heavy atom. The standard InChI is InChI=1S/C33H38O8S/c1-4-38-31(34)10-7-13-40-30-9-6-8-27(28(30)11-12-32(35)39-5-2)23-16-25(17-23)41-26-15-22(14-24(18-26)33(36)37)29-20-42-19-21(29)3/h6,8-9,14-15,18-20,23,25H,4-5,7,10-13,16-17H2,1-3H3,(H,36,37). The predicted octanol–water partition coefficient (Wildman–Crippen LogP) is 6.96. The number of carbonyl (C=O) groups is 3. The first-order valence-corrected chi connectivity index (χ1v) is 15.4. The fourth-order valence-electron chi connectivity index (χ4n) is 5.17. The highest BCUT2D eigenvalue weighted by atomic mass is 32.1. The number of benzene rings is 2. The van der Waals surface area contributed by atoms with E-state index in [1.54, 1.807) is 37.3 Å². The van der Waals surface area contributed by atoms with E-state index in [2.05, 4.69) is 6.07 Å². The molecule has 1 fully saturated rings. The number of thiophene rings is 1. The highest BCUT2D eigenvalue weighted by molar-refractivity contribution is 7.08. The number of carbonyl (C=O) groups excluding carboxylic acids is 2. The molecule has 0 aliphatic heterocycles. The van der Waals surface area contributed by atoms with E-state index in [0.29, 0.717) is 44.2 Å². The number of rotatable bonds is 15. The van der Waals surface area contributed by atoms with Gasteiger partial charge < -0.3 is 24.1 Å². The molecule has 2 aromatic carbocycles. The minimum absolute atomic E-state index is 0.0671. The SMILES string of the molecule is CCOC(=O)CCCOc1cccc(C2CC(Oc3cc(C(=O)O)cc(-c4cscc4C)c3)C2)c1CCC(=O)OCC. The van der Waals surface area contributed by atoms with E-state index in [1.807, 2.05) is 35.9 Å². The molecule has 4 rings (SSSR count). The van der Waals surface area contributed by atoms with E-state index in [-0.39, 0.29) is 42.4 Å². The number of aryl methyl sites for hydroxylation is 1. The van der Waals surface area contributed by atoms with Crippen LogP contribution in [0, 0.1) is 6.92 Å². The van der Waals surface area contributed by atoms with Gasteiger partial charge in [0.25, 0.3) is 0 Å². The number of carboxylic acids is 1. The van der Waals surface area contributed by atoms with E-state index < -0.39 is 5.97 Å². The van der Waals surface area contributed by atoms with Gasteiger partial charge in [0, 0.05) is 12.8 Å². The summed E-state index contributed by atoms with van der Waals surface area (Å²) in [5, 5.41) is 13.7. The van der Waals surface area contributed by atoms with Gasteiger partial charge in [0.05, 0.1) is 31.5 Å². The maximum atomic E-state index is 12.2. The molecule has 0 spiro atoms. The van der Waals surface area contributed by atoms with Crippen LogP contribution in [0.3, 0.4) is 0 Å². The molecule has 1 aromatic heterocycles. The summed E-state index contributed by atoms with van der Waals surface area (Å²) < 4.78 is 22.5. The van der Waals surface area contributed by atoms with Crippen molar-refractivity contribution in [3.63, 3.8) is 0 Å². The molecule has 224 valence electrons. The van der Waals surface area contributed by atoms with E-state index >= 15 is 0 Å². The molecule has 1 aliphatic rings. The van der Waals surface area contributed by atoms with Crippen molar-refractivity contribution in [2.24, 2.45) is 0 Å². The smallest absolute Gasteiger partial charge is 0.335 e. The lowest BCUT2D eigenvalue weighted by atomic mass is 9.75. The second-order valence-electron chi connectivity index (χ2n) is 10.3. The van der Waals surface area contributed by atoms with Crippen molar-refractivity contribution in [1.29, 1.82) is 0 Å². The second kappa shape index (κ2) is 14.9. The van der Waals surface area contributed by atoms with Crippen molar-refractivity contribution in [2.75, 3.05) is 19.8 Å². The minimum atomic E-state index is -0.994. The summed E-state index contributed by atoms with van der Waals surface area (Å²) in [5.41, 5.74) is 5.19. The lowest BCUT2D eigenvalue weighted by molar-refractivity contribution is -0.144. The molecule has 3 aromatic rings. The molecule has 0 atom stereocenters. The van der Waals surface area contributed by atoms with Gasteiger partial charge in [-0.3, -0.25) is 9.59 Å². The van der Waals surface area contributed by atoms with Gasteiger partial charge in [0.2, 0.25) is 0 Å². The molecule has 0 radical (unpaired) electrons. The zero-order valence-electron chi connectivity index (χ0n) is 24.4. The normalized spacial score (nSPS) is 15.9. The van der Waals surface area contributed by atoms with Crippen LogP contribution in [-0.2, 0) is 25.5 Å². The van der Waals surface area contributed by atoms with Gasteiger partial charge in [-0.2, -0.15) is 11.3 Å². The molecule has 1 aliphatic carbocycles. The molecular weight excluding hydrogens is 556 g/mol. The predicted molar refractivity (Wildman–Crippen MR) is 161 cm³/mol. The summed E-state index contributed by atoms with van der Waals surface area (Å²) in [6, 6.07) is 11.1. The van der Waals surface area contributed by atoms with Crippen LogP contribution in [0.4, 0.5) is 0 Å². The summed E-state index contributed by atoms with van der Waals surface area (Å²) in [7, 11) is 0. The monoisotopic (exact) mass is 594 g/mol. The Hall–Kier alpha value is -3.85. The van der Waals surface area contributed by atoms with E-state index in [4.69, 9.17) is 18.9 Å². The summed E-state index contributed by atoms with van der Waals surface area (Å²) in [5.74, 6) is -0.0484. The molecule has 1 saturated carbocycles. The third kappa shape index (κ3) is 8.12. The van der Waals surface area contributed by atoms with Gasteiger partial charge in [-0.25, -0.2) is 4.79 Å². The third-order valence-corrected chi connectivity index (χ3v) is 8.16. The summed E-state index contributed by atoms with van der Waals surface area (Å²) in [4.78, 5) is 35.7. The van der Waals surface area contributed by atoms with Gasteiger partial charge in [0.15, 0.2) is 0 Å². The van der Waals surface area contributed by atoms with Crippen LogP contribution in [-0.4, -0.2) is 48.9 Å².